The molecule has 0 aliphatic rings. The molecule has 0 fully saturated rings. The Hall–Kier alpha value is -3.27. The molecule has 0 saturated carbocycles. The number of fused-ring (bicyclic) bond motifs is 1. The lowest BCUT2D eigenvalue weighted by Crippen LogP contribution is -2.03. The summed E-state index contributed by atoms with van der Waals surface area (Å²) in [5.41, 5.74) is 5.63. The molecule has 4 heteroatoms. The van der Waals surface area contributed by atoms with E-state index in [2.05, 4.69) is 27.1 Å². The summed E-state index contributed by atoms with van der Waals surface area (Å²) in [6.45, 7) is 1.98. The zero-order valence-electron chi connectivity index (χ0n) is 13.3. The van der Waals surface area contributed by atoms with Gasteiger partial charge in [-0.05, 0) is 43.3 Å². The van der Waals surface area contributed by atoms with E-state index in [-0.39, 0.29) is 0 Å². The lowest BCUT2D eigenvalue weighted by atomic mass is 10.0. The molecule has 0 amide bonds. The van der Waals surface area contributed by atoms with E-state index in [1.54, 1.807) is 6.20 Å². The fourth-order valence-electron chi connectivity index (χ4n) is 2.67. The van der Waals surface area contributed by atoms with Crippen LogP contribution in [0.4, 0.5) is 5.69 Å². The number of nitrogens with one attached hydrogen (secondary N) is 1. The molecule has 0 aliphatic carbocycles. The van der Waals surface area contributed by atoms with Gasteiger partial charge in [-0.1, -0.05) is 18.2 Å². The Kier molecular flexibility index (Phi) is 3.63. The molecule has 0 spiro atoms. The van der Waals surface area contributed by atoms with E-state index in [1.165, 1.54) is 0 Å². The minimum absolute atomic E-state index is 0.855. The van der Waals surface area contributed by atoms with Crippen molar-refractivity contribution in [3.05, 3.63) is 90.0 Å². The van der Waals surface area contributed by atoms with Crippen LogP contribution < -0.4 is 0 Å². The van der Waals surface area contributed by atoms with E-state index in [0.29, 0.717) is 0 Å². The second-order valence-corrected chi connectivity index (χ2v) is 5.59. The summed E-state index contributed by atoms with van der Waals surface area (Å²) < 4.78 is 0. The maximum absolute atomic E-state index is 4.88. The second-order valence-electron chi connectivity index (χ2n) is 5.59. The molecule has 1 aromatic carbocycles. The average molecular weight is 312 g/mol. The molecule has 0 unspecified atom stereocenters. The second kappa shape index (κ2) is 6.08. The first-order valence-electron chi connectivity index (χ1n) is 7.80. The van der Waals surface area contributed by atoms with Crippen LogP contribution in [0.25, 0.3) is 11.0 Å². The van der Waals surface area contributed by atoms with Gasteiger partial charge in [0.15, 0.2) is 0 Å². The Labute approximate surface area is 140 Å². The molecular weight excluding hydrogens is 296 g/mol. The predicted molar refractivity (Wildman–Crippen MR) is 96.8 cm³/mol. The van der Waals surface area contributed by atoms with Crippen LogP contribution in [-0.2, 0) is 0 Å². The summed E-state index contributed by atoms with van der Waals surface area (Å²) in [4.78, 5) is 16.9. The lowest BCUT2D eigenvalue weighted by molar-refractivity contribution is 1.19. The Morgan fingerprint density at radius 1 is 0.958 bits per heavy atom. The fraction of sp³-hybridized carbons (Fsp3) is 0.0500. The molecule has 3 aromatic heterocycles. The number of nitrogens with zero attached hydrogens (tertiary/aromatic N) is 3. The first-order chi connectivity index (χ1) is 11.8. The molecule has 4 aromatic rings. The maximum atomic E-state index is 4.88. The standard InChI is InChI=1S/C20H16N4/c1-14-9-10-15(12-22-14)19(24-16-6-3-2-4-7-16)18-13-23-20-17(18)8-5-11-21-20/h2-13H,1H3,(H,21,23). The van der Waals surface area contributed by atoms with Crippen LogP contribution in [0.1, 0.15) is 16.8 Å². The monoisotopic (exact) mass is 312 g/mol. The Bertz CT molecular complexity index is 999. The van der Waals surface area contributed by atoms with Crippen LogP contribution in [0.5, 0.6) is 0 Å². The highest BCUT2D eigenvalue weighted by Crippen LogP contribution is 2.23. The summed E-state index contributed by atoms with van der Waals surface area (Å²) in [5.74, 6) is 0. The van der Waals surface area contributed by atoms with Crippen molar-refractivity contribution in [1.29, 1.82) is 0 Å². The molecule has 1 N–H and O–H groups in total. The number of para-hydroxylation sites is 1. The molecule has 24 heavy (non-hydrogen) atoms. The molecule has 0 bridgehead atoms. The van der Waals surface area contributed by atoms with Gasteiger partial charge in [-0.25, -0.2) is 9.98 Å². The van der Waals surface area contributed by atoms with Gasteiger partial charge in [0.05, 0.1) is 11.4 Å². The molecule has 4 rings (SSSR count). The van der Waals surface area contributed by atoms with Crippen LogP contribution in [0.15, 0.2) is 78.2 Å². The minimum Gasteiger partial charge on any atom is -0.345 e. The third-order valence-electron chi connectivity index (χ3n) is 3.89. The zero-order chi connectivity index (χ0) is 16.4. The Morgan fingerprint density at radius 2 is 1.83 bits per heavy atom. The summed E-state index contributed by atoms with van der Waals surface area (Å²) in [7, 11) is 0. The summed E-state index contributed by atoms with van der Waals surface area (Å²) in [6.07, 6.45) is 5.61. The van der Waals surface area contributed by atoms with Gasteiger partial charge in [0.2, 0.25) is 0 Å². The number of aromatic amines is 1. The molecule has 116 valence electrons. The number of pyridine rings is 2. The minimum atomic E-state index is 0.855. The van der Waals surface area contributed by atoms with Crippen molar-refractivity contribution in [3.63, 3.8) is 0 Å². The van der Waals surface area contributed by atoms with Gasteiger partial charge in [-0.2, -0.15) is 0 Å². The highest BCUT2D eigenvalue weighted by molar-refractivity contribution is 6.19. The number of benzene rings is 1. The molecule has 3 heterocycles. The van der Waals surface area contributed by atoms with E-state index >= 15 is 0 Å². The molecule has 0 aliphatic heterocycles. The van der Waals surface area contributed by atoms with Crippen molar-refractivity contribution in [2.45, 2.75) is 6.92 Å². The third kappa shape index (κ3) is 2.70. The normalized spacial score (nSPS) is 11.8. The summed E-state index contributed by atoms with van der Waals surface area (Å²) in [6, 6.07) is 18.0. The summed E-state index contributed by atoms with van der Waals surface area (Å²) in [5, 5.41) is 1.05. The molecular formula is C20H16N4. The van der Waals surface area contributed by atoms with Crippen LogP contribution in [0, 0.1) is 6.92 Å². The van der Waals surface area contributed by atoms with Crippen LogP contribution in [0.3, 0.4) is 0 Å². The number of H-pyrrole nitrogens is 1. The number of hydrogen-bond donors (Lipinski definition) is 1. The Balaban J connectivity index is 1.93. The molecule has 0 saturated heterocycles. The smallest absolute Gasteiger partial charge is 0.137 e. The van der Waals surface area contributed by atoms with E-state index in [1.807, 2.05) is 61.8 Å². The van der Waals surface area contributed by atoms with Gasteiger partial charge in [-0.3, -0.25) is 4.98 Å². The molecule has 0 radical (unpaired) electrons. The van der Waals surface area contributed by atoms with E-state index < -0.39 is 0 Å². The van der Waals surface area contributed by atoms with Crippen molar-refractivity contribution < 1.29 is 0 Å². The number of aromatic nitrogens is 3. The van der Waals surface area contributed by atoms with Gasteiger partial charge >= 0.3 is 0 Å². The molecule has 4 nitrogen and oxygen atoms in total. The van der Waals surface area contributed by atoms with Crippen LogP contribution in [-0.4, -0.2) is 20.7 Å². The number of aryl methyl sites for hydroxylation is 1. The van der Waals surface area contributed by atoms with Gasteiger partial charge < -0.3 is 4.98 Å². The zero-order valence-corrected chi connectivity index (χ0v) is 13.3. The SMILES string of the molecule is Cc1ccc(C(=Nc2ccccc2)c2c[nH]c3ncccc23)cn1. The van der Waals surface area contributed by atoms with Crippen molar-refractivity contribution in [1.82, 2.24) is 15.0 Å². The number of rotatable bonds is 3. The first kappa shape index (κ1) is 14.3. The van der Waals surface area contributed by atoms with E-state index in [0.717, 1.165) is 39.3 Å². The topological polar surface area (TPSA) is 53.9 Å². The van der Waals surface area contributed by atoms with Crippen molar-refractivity contribution >= 4 is 22.4 Å². The summed E-state index contributed by atoms with van der Waals surface area (Å²) >= 11 is 0. The van der Waals surface area contributed by atoms with Crippen molar-refractivity contribution in [2.75, 3.05) is 0 Å². The van der Waals surface area contributed by atoms with Crippen LogP contribution in [0.2, 0.25) is 0 Å². The quantitative estimate of drug-likeness (QED) is 0.569. The molecule has 0 atom stereocenters. The highest BCUT2D eigenvalue weighted by atomic mass is 14.8. The van der Waals surface area contributed by atoms with Gasteiger partial charge in [-0.15, -0.1) is 0 Å². The largest absolute Gasteiger partial charge is 0.345 e. The van der Waals surface area contributed by atoms with Crippen molar-refractivity contribution in [2.24, 2.45) is 4.99 Å². The highest BCUT2D eigenvalue weighted by Gasteiger charge is 2.13. The predicted octanol–water partition coefficient (Wildman–Crippen LogP) is 4.44. The maximum Gasteiger partial charge on any atom is 0.137 e. The van der Waals surface area contributed by atoms with Gasteiger partial charge in [0, 0.05) is 40.8 Å². The first-order valence-corrected chi connectivity index (χ1v) is 7.80. The van der Waals surface area contributed by atoms with Gasteiger partial charge in [0.1, 0.15) is 5.65 Å². The number of aliphatic imine (C=N–C) groups is 1. The van der Waals surface area contributed by atoms with Gasteiger partial charge in [0.25, 0.3) is 0 Å². The van der Waals surface area contributed by atoms with Crippen molar-refractivity contribution in [3.8, 4) is 0 Å². The average Bonchev–Trinajstić information content (AvgIpc) is 3.05. The van der Waals surface area contributed by atoms with E-state index in [9.17, 15) is 0 Å². The van der Waals surface area contributed by atoms with E-state index in [4.69, 9.17) is 4.99 Å². The van der Waals surface area contributed by atoms with Crippen LogP contribution >= 0.6 is 0 Å². The lowest BCUT2D eigenvalue weighted by Gasteiger charge is -2.07. The third-order valence-corrected chi connectivity index (χ3v) is 3.89. The Morgan fingerprint density at radius 3 is 2.62 bits per heavy atom. The fourth-order valence-corrected chi connectivity index (χ4v) is 2.67. The number of hydrogen-bond acceptors (Lipinski definition) is 3.